The molecule has 64 heavy (non-hydrogen) atoms. The molecular formula is C46H45Cl6N3O5S4. The minimum Gasteiger partial charge on any atom is -0.326 e. The van der Waals surface area contributed by atoms with Gasteiger partial charge >= 0.3 is 6.15 Å². The first-order valence-corrected chi connectivity index (χ1v) is 27.7. The molecule has 2 saturated carbocycles. The van der Waals surface area contributed by atoms with E-state index in [0.29, 0.717) is 38.7 Å². The van der Waals surface area contributed by atoms with Crippen molar-refractivity contribution in [2.45, 2.75) is 74.9 Å². The number of nitrogens with two attached hydrogens (primary N) is 1. The van der Waals surface area contributed by atoms with Crippen LogP contribution in [0.15, 0.2) is 78.2 Å². The van der Waals surface area contributed by atoms with Gasteiger partial charge in [0.2, 0.25) is 9.23 Å². The summed E-state index contributed by atoms with van der Waals surface area (Å²) in [5, 5.41) is 7.16. The van der Waals surface area contributed by atoms with Crippen molar-refractivity contribution < 1.29 is 23.4 Å². The first-order chi connectivity index (χ1) is 30.7. The number of carbonyl (C=O) groups excluding carboxylic acids is 4. The fraction of sp³-hybridized carbons (Fsp3) is 0.413. The maximum atomic E-state index is 12.9. The van der Waals surface area contributed by atoms with Crippen LogP contribution in [0.3, 0.4) is 0 Å². The number of nitrogens with zero attached hydrogens (tertiary/aromatic N) is 2. The molecule has 6 aliphatic heterocycles. The Morgan fingerprint density at radius 1 is 0.672 bits per heavy atom. The van der Waals surface area contributed by atoms with Crippen molar-refractivity contribution in [3.05, 3.63) is 103 Å². The summed E-state index contributed by atoms with van der Waals surface area (Å²) in [5.74, 6) is 2.57. The summed E-state index contributed by atoms with van der Waals surface area (Å²) < 4.78 is 12.6. The number of thiophene rings is 3. The van der Waals surface area contributed by atoms with Gasteiger partial charge in [-0.15, -0.1) is 34.0 Å². The Labute approximate surface area is 415 Å². The Hall–Kier alpha value is -1.97. The lowest BCUT2D eigenvalue weighted by atomic mass is 9.70. The summed E-state index contributed by atoms with van der Waals surface area (Å²) in [6.07, 6.45) is 11.7. The van der Waals surface area contributed by atoms with Crippen molar-refractivity contribution in [1.82, 2.24) is 9.80 Å². The number of carbonyl (C=O) groups is 2. The van der Waals surface area contributed by atoms with Crippen molar-refractivity contribution >= 4 is 158 Å². The summed E-state index contributed by atoms with van der Waals surface area (Å²) in [6, 6.07) is 23.7. The number of fused-ring (bicyclic) bond motifs is 7. The molecule has 9 heterocycles. The summed E-state index contributed by atoms with van der Waals surface area (Å²) in [5.41, 5.74) is 7.13. The molecule has 8 aliphatic rings. The molecule has 0 radical (unpaired) electrons. The molecule has 2 atom stereocenters. The predicted molar refractivity (Wildman–Crippen MR) is 268 cm³/mol. The van der Waals surface area contributed by atoms with E-state index in [4.69, 9.17) is 65.9 Å². The molecule has 3 aromatic heterocycles. The van der Waals surface area contributed by atoms with E-state index in [9.17, 15) is 9.59 Å². The standard InChI is InChI=1S/C19H20ClNOS.C9H4Cl2OS.C9H16N2.C8H5ClS.CO2.Cl2OS/c20-14-1-2-17-13(9-14)10-18(23-17)16(22)11-15-12-3-7-21(8-4-12)19(15)5-6-19;10-6-1-2-7-5(3-6)4-8(13-7)9(11)12;10-8-7-1-5-11(6-2-7)9(8)3-4-9;9-7-1-2-8-6(5-7)3-4-10-8;2-1-3;1-4(2)3/h1-2,9-10,12,15H,3-8,11H2;1-4H;7-8H,1-6,10H2;1-5H;;. The molecule has 8 fully saturated rings. The second kappa shape index (κ2) is 22.0. The minimum absolute atomic E-state index is 0.250. The lowest BCUT2D eigenvalue weighted by molar-refractivity contribution is -0.191. The summed E-state index contributed by atoms with van der Waals surface area (Å²) in [4.78, 5) is 46.8. The third-order valence-electron chi connectivity index (χ3n) is 13.5. The highest BCUT2D eigenvalue weighted by Gasteiger charge is 2.60. The normalized spacial score (nSPS) is 24.4. The average Bonchev–Trinajstić information content (AvgIpc) is 4.06. The molecule has 0 amide bonds. The van der Waals surface area contributed by atoms with Gasteiger partial charge in [0, 0.05) is 74.1 Å². The maximum absolute atomic E-state index is 12.9. The van der Waals surface area contributed by atoms with Gasteiger partial charge in [-0.1, -0.05) is 34.8 Å². The van der Waals surface area contributed by atoms with Crippen molar-refractivity contribution in [1.29, 1.82) is 0 Å². The highest BCUT2D eigenvalue weighted by Crippen LogP contribution is 2.59. The number of rotatable bonds is 4. The Bertz CT molecular complexity index is 2650. The van der Waals surface area contributed by atoms with Crippen molar-refractivity contribution in [3.8, 4) is 0 Å². The van der Waals surface area contributed by atoms with E-state index in [1.54, 1.807) is 34.8 Å². The number of hydrogen-bond donors (Lipinski definition) is 1. The molecule has 8 nitrogen and oxygen atoms in total. The first-order valence-electron chi connectivity index (χ1n) is 20.9. The third-order valence-corrected chi connectivity index (χ3v) is 17.7. The van der Waals surface area contributed by atoms with Crippen molar-refractivity contribution in [2.75, 3.05) is 26.2 Å². The van der Waals surface area contributed by atoms with Crippen LogP contribution in [0.1, 0.15) is 77.1 Å². The first kappa shape index (κ1) is 49.9. The van der Waals surface area contributed by atoms with Crippen LogP contribution in [0.25, 0.3) is 30.3 Å². The molecule has 6 aromatic rings. The average molecular weight is 1060 g/mol. The van der Waals surface area contributed by atoms with Gasteiger partial charge in [0.25, 0.3) is 5.24 Å². The minimum atomic E-state index is -1.67. The third kappa shape index (κ3) is 11.8. The Balaban J connectivity index is 0.000000128. The number of halogens is 6. The van der Waals surface area contributed by atoms with E-state index >= 15 is 0 Å². The molecule has 14 rings (SSSR count). The lowest BCUT2D eigenvalue weighted by Crippen LogP contribution is -2.63. The summed E-state index contributed by atoms with van der Waals surface area (Å²) >= 11 is 27.7. The van der Waals surface area contributed by atoms with E-state index in [1.165, 1.54) is 99.0 Å². The fourth-order valence-electron chi connectivity index (χ4n) is 10.2. The zero-order valence-corrected chi connectivity index (χ0v) is 42.2. The van der Waals surface area contributed by atoms with Gasteiger partial charge in [0.15, 0.2) is 5.78 Å². The molecule has 4 bridgehead atoms. The molecule has 6 saturated heterocycles. The van der Waals surface area contributed by atoms with Gasteiger partial charge < -0.3 is 5.73 Å². The second-order valence-corrected chi connectivity index (χ2v) is 24.1. The second-order valence-electron chi connectivity index (χ2n) is 16.8. The molecule has 340 valence electrons. The van der Waals surface area contributed by atoms with Crippen LogP contribution in [0.2, 0.25) is 15.1 Å². The fourth-order valence-corrected chi connectivity index (χ4v) is 13.6. The topological polar surface area (TPSA) is 118 Å². The molecule has 2 spiro atoms. The van der Waals surface area contributed by atoms with Crippen LogP contribution in [-0.2, 0) is 18.8 Å². The van der Waals surface area contributed by atoms with Gasteiger partial charge in [-0.05, 0) is 201 Å². The van der Waals surface area contributed by atoms with E-state index < -0.39 is 14.5 Å². The van der Waals surface area contributed by atoms with Crippen molar-refractivity contribution in [3.63, 3.8) is 0 Å². The van der Waals surface area contributed by atoms with Gasteiger partial charge in [-0.2, -0.15) is 9.59 Å². The highest BCUT2D eigenvalue weighted by atomic mass is 36.0. The number of hydrogen-bond acceptors (Lipinski definition) is 11. The number of piperidine rings is 6. The molecule has 2 aliphatic carbocycles. The van der Waals surface area contributed by atoms with E-state index in [2.05, 4.69) is 42.6 Å². The monoisotopic (exact) mass is 1060 g/mol. The highest BCUT2D eigenvalue weighted by molar-refractivity contribution is 8.26. The van der Waals surface area contributed by atoms with Crippen LogP contribution < -0.4 is 5.73 Å². The number of ketones is 1. The van der Waals surface area contributed by atoms with Crippen LogP contribution in [-0.4, -0.2) is 74.5 Å². The summed E-state index contributed by atoms with van der Waals surface area (Å²) in [6.45, 7) is 5.18. The van der Waals surface area contributed by atoms with Gasteiger partial charge in [-0.3, -0.25) is 19.4 Å². The van der Waals surface area contributed by atoms with E-state index in [0.717, 1.165) is 53.4 Å². The van der Waals surface area contributed by atoms with Gasteiger partial charge in [-0.25, -0.2) is 4.21 Å². The zero-order chi connectivity index (χ0) is 45.8. The molecule has 3 aromatic carbocycles. The van der Waals surface area contributed by atoms with Crippen LogP contribution in [0, 0.1) is 17.8 Å². The van der Waals surface area contributed by atoms with Crippen LogP contribution in [0.4, 0.5) is 0 Å². The summed E-state index contributed by atoms with van der Waals surface area (Å²) in [7, 11) is 7.36. The molecule has 18 heteroatoms. The SMILES string of the molecule is Clc1ccc2sccc2c1.NC1C2CCN(CC2)C12CC2.O=C(CC1C2CCN(CC2)C12CC2)c1cc2cc(Cl)ccc2s1.O=C(Cl)c1cc2cc(Cl)ccc2s1.O=C=O.O=S(Cl)Cl. The quantitative estimate of drug-likeness (QED) is 0.137. The lowest BCUT2D eigenvalue weighted by Gasteiger charge is -2.52. The Morgan fingerprint density at radius 2 is 1.11 bits per heavy atom. The zero-order valence-electron chi connectivity index (χ0n) is 34.4. The maximum Gasteiger partial charge on any atom is 0.373 e. The molecular weight excluding hydrogens is 1020 g/mol. The van der Waals surface area contributed by atoms with E-state index in [1.807, 2.05) is 54.6 Å². The number of Topliss-reactive ketones (excluding diaryl/α,β-unsaturated/α-hetero) is 1. The predicted octanol–water partition coefficient (Wildman–Crippen LogP) is 13.5. The molecule has 2 unspecified atom stereocenters. The Kier molecular flexibility index (Phi) is 17.1. The smallest absolute Gasteiger partial charge is 0.326 e. The van der Waals surface area contributed by atoms with Crippen LogP contribution in [0.5, 0.6) is 0 Å². The largest absolute Gasteiger partial charge is 0.373 e. The van der Waals surface area contributed by atoms with Gasteiger partial charge in [0.05, 0.1) is 9.75 Å². The number of benzene rings is 3. The van der Waals surface area contributed by atoms with Gasteiger partial charge in [0.1, 0.15) is 0 Å². The van der Waals surface area contributed by atoms with Crippen LogP contribution >= 0.6 is 102 Å². The van der Waals surface area contributed by atoms with Crippen molar-refractivity contribution in [2.24, 2.45) is 23.5 Å². The Morgan fingerprint density at radius 3 is 1.58 bits per heavy atom. The van der Waals surface area contributed by atoms with E-state index in [-0.39, 0.29) is 6.15 Å². The molecule has 2 N–H and O–H groups in total.